The Morgan fingerprint density at radius 1 is 1.16 bits per heavy atom. The number of benzene rings is 1. The Morgan fingerprint density at radius 2 is 1.96 bits per heavy atom. The molecule has 1 aromatic carbocycles. The molecule has 0 amide bonds. The van der Waals surface area contributed by atoms with Gasteiger partial charge in [0.25, 0.3) is 0 Å². The van der Waals surface area contributed by atoms with Gasteiger partial charge in [0.1, 0.15) is 6.10 Å². The van der Waals surface area contributed by atoms with Gasteiger partial charge >= 0.3 is 0 Å². The van der Waals surface area contributed by atoms with E-state index in [4.69, 9.17) is 4.74 Å². The molecule has 5 nitrogen and oxygen atoms in total. The van der Waals surface area contributed by atoms with E-state index in [1.54, 1.807) is 22.6 Å². The Kier molecular flexibility index (Phi) is 4.25. The lowest BCUT2D eigenvalue weighted by molar-refractivity contribution is 0.161. The second-order valence-electron chi connectivity index (χ2n) is 6.73. The van der Waals surface area contributed by atoms with Crippen LogP contribution in [0.15, 0.2) is 53.6 Å². The summed E-state index contributed by atoms with van der Waals surface area (Å²) < 4.78 is 33.8. The first-order valence-corrected chi connectivity index (χ1v) is 10.2. The van der Waals surface area contributed by atoms with Crippen LogP contribution in [0.2, 0.25) is 0 Å². The van der Waals surface area contributed by atoms with Crippen molar-refractivity contribution in [1.29, 1.82) is 0 Å². The van der Waals surface area contributed by atoms with Gasteiger partial charge in [-0.1, -0.05) is 25.1 Å². The van der Waals surface area contributed by atoms with E-state index in [0.717, 1.165) is 24.8 Å². The number of ether oxygens (including phenoxy) is 1. The van der Waals surface area contributed by atoms with Gasteiger partial charge in [0, 0.05) is 24.7 Å². The van der Waals surface area contributed by atoms with Crippen LogP contribution in [0.5, 0.6) is 5.88 Å². The third-order valence-electron chi connectivity index (χ3n) is 5.29. The summed E-state index contributed by atoms with van der Waals surface area (Å²) in [6.07, 6.45) is 4.32. The first-order chi connectivity index (χ1) is 12.1. The van der Waals surface area contributed by atoms with Gasteiger partial charge in [0.2, 0.25) is 15.9 Å². The molecular formula is C19H22N2O3S. The SMILES string of the molecule is CCc1ccc(S(=O)(=O)N2C[C@H]3CC[C@H]2[C@H]3Oc2ccccn2)cc1. The summed E-state index contributed by atoms with van der Waals surface area (Å²) in [5.74, 6) is 0.799. The van der Waals surface area contributed by atoms with Gasteiger partial charge in [-0.3, -0.25) is 0 Å². The highest BCUT2D eigenvalue weighted by Crippen LogP contribution is 2.42. The Bertz CT molecular complexity index is 837. The number of hydrogen-bond donors (Lipinski definition) is 0. The number of pyridine rings is 1. The summed E-state index contributed by atoms with van der Waals surface area (Å²) in [4.78, 5) is 4.58. The Morgan fingerprint density at radius 3 is 2.64 bits per heavy atom. The van der Waals surface area contributed by atoms with Crippen LogP contribution in [0, 0.1) is 5.92 Å². The second-order valence-corrected chi connectivity index (χ2v) is 8.62. The first-order valence-electron chi connectivity index (χ1n) is 8.78. The number of fused-ring (bicyclic) bond motifs is 2. The molecule has 2 heterocycles. The molecule has 1 aliphatic heterocycles. The van der Waals surface area contributed by atoms with Gasteiger partial charge in [-0.05, 0) is 43.0 Å². The van der Waals surface area contributed by atoms with Crippen molar-refractivity contribution in [2.75, 3.05) is 6.54 Å². The summed E-state index contributed by atoms with van der Waals surface area (Å²) in [6.45, 7) is 2.59. The summed E-state index contributed by atoms with van der Waals surface area (Å²) in [6, 6.07) is 12.6. The van der Waals surface area contributed by atoms with E-state index in [0.29, 0.717) is 17.3 Å². The summed E-state index contributed by atoms with van der Waals surface area (Å²) in [5, 5.41) is 0. The molecule has 25 heavy (non-hydrogen) atoms. The molecule has 2 bridgehead atoms. The van der Waals surface area contributed by atoms with Crippen molar-refractivity contribution in [2.24, 2.45) is 5.92 Å². The van der Waals surface area contributed by atoms with Crippen molar-refractivity contribution < 1.29 is 13.2 Å². The zero-order valence-electron chi connectivity index (χ0n) is 14.2. The van der Waals surface area contributed by atoms with E-state index in [2.05, 4.69) is 11.9 Å². The average molecular weight is 358 g/mol. The van der Waals surface area contributed by atoms with Crippen molar-refractivity contribution in [2.45, 2.75) is 43.2 Å². The third kappa shape index (κ3) is 2.93. The molecule has 0 spiro atoms. The number of piperidine rings is 1. The van der Waals surface area contributed by atoms with Gasteiger partial charge in [0.15, 0.2) is 0 Å². The minimum absolute atomic E-state index is 0.108. The molecule has 4 rings (SSSR count). The van der Waals surface area contributed by atoms with Gasteiger partial charge < -0.3 is 4.74 Å². The standard InChI is InChI=1S/C19H22N2O3S/c1-2-14-6-9-16(10-7-14)25(22,23)21-13-15-8-11-17(21)19(15)24-18-5-3-4-12-20-18/h3-7,9-10,12,15,17,19H,2,8,11,13H2,1H3/t15-,17+,19+/m1/s1. The van der Waals surface area contributed by atoms with Crippen LogP contribution in [0.4, 0.5) is 0 Å². The van der Waals surface area contributed by atoms with Crippen LogP contribution in [0.3, 0.4) is 0 Å². The second kappa shape index (κ2) is 6.42. The Balaban J connectivity index is 1.57. The number of hydrogen-bond acceptors (Lipinski definition) is 4. The van der Waals surface area contributed by atoms with Crippen LogP contribution in [-0.2, 0) is 16.4 Å². The molecular weight excluding hydrogens is 336 g/mol. The van der Waals surface area contributed by atoms with Gasteiger partial charge in [-0.2, -0.15) is 4.31 Å². The molecule has 1 saturated heterocycles. The lowest BCUT2D eigenvalue weighted by atomic mass is 10.1. The summed E-state index contributed by atoms with van der Waals surface area (Å²) in [7, 11) is -3.49. The third-order valence-corrected chi connectivity index (χ3v) is 7.20. The molecule has 0 radical (unpaired) electrons. The molecule has 2 aliphatic rings. The Labute approximate surface area is 148 Å². The summed E-state index contributed by atoms with van der Waals surface area (Å²) >= 11 is 0. The lowest BCUT2D eigenvalue weighted by Crippen LogP contribution is -2.40. The predicted molar refractivity (Wildman–Crippen MR) is 94.9 cm³/mol. The normalized spacial score (nSPS) is 26.0. The molecule has 132 valence electrons. The van der Waals surface area contributed by atoms with E-state index >= 15 is 0 Å². The van der Waals surface area contributed by atoms with E-state index in [9.17, 15) is 8.42 Å². The molecule has 3 atom stereocenters. The fourth-order valence-corrected chi connectivity index (χ4v) is 5.66. The molecule has 0 N–H and O–H groups in total. The summed E-state index contributed by atoms with van der Waals surface area (Å²) in [5.41, 5.74) is 1.14. The minimum atomic E-state index is -3.49. The number of sulfonamides is 1. The van der Waals surface area contributed by atoms with E-state index in [-0.39, 0.29) is 18.1 Å². The smallest absolute Gasteiger partial charge is 0.243 e. The molecule has 2 aromatic rings. The lowest BCUT2D eigenvalue weighted by Gasteiger charge is -2.26. The van der Waals surface area contributed by atoms with E-state index in [1.165, 1.54) is 0 Å². The van der Waals surface area contributed by atoms with Crippen molar-refractivity contribution in [3.05, 3.63) is 54.2 Å². The van der Waals surface area contributed by atoms with Crippen molar-refractivity contribution in [3.8, 4) is 5.88 Å². The highest BCUT2D eigenvalue weighted by molar-refractivity contribution is 7.89. The fraction of sp³-hybridized carbons (Fsp3) is 0.421. The highest BCUT2D eigenvalue weighted by Gasteiger charge is 2.53. The maximum atomic E-state index is 13.1. The van der Waals surface area contributed by atoms with Crippen molar-refractivity contribution >= 4 is 10.0 Å². The van der Waals surface area contributed by atoms with Crippen LogP contribution in [0.25, 0.3) is 0 Å². The maximum Gasteiger partial charge on any atom is 0.243 e. The van der Waals surface area contributed by atoms with Crippen LogP contribution in [0.1, 0.15) is 25.3 Å². The largest absolute Gasteiger partial charge is 0.472 e. The number of aryl methyl sites for hydroxylation is 1. The van der Waals surface area contributed by atoms with Crippen LogP contribution in [-0.4, -0.2) is 36.4 Å². The number of nitrogens with zero attached hydrogens (tertiary/aromatic N) is 2. The topological polar surface area (TPSA) is 59.5 Å². The molecule has 1 saturated carbocycles. The van der Waals surface area contributed by atoms with Gasteiger partial charge in [-0.15, -0.1) is 0 Å². The van der Waals surface area contributed by atoms with E-state index < -0.39 is 10.0 Å². The zero-order chi connectivity index (χ0) is 17.4. The minimum Gasteiger partial charge on any atom is -0.472 e. The van der Waals surface area contributed by atoms with Crippen LogP contribution >= 0.6 is 0 Å². The van der Waals surface area contributed by atoms with Crippen molar-refractivity contribution in [3.63, 3.8) is 0 Å². The maximum absolute atomic E-state index is 13.1. The Hall–Kier alpha value is -1.92. The predicted octanol–water partition coefficient (Wildman–Crippen LogP) is 2.87. The zero-order valence-corrected chi connectivity index (χ0v) is 15.0. The molecule has 0 unspecified atom stereocenters. The monoisotopic (exact) mass is 358 g/mol. The average Bonchev–Trinajstić information content (AvgIpc) is 3.20. The van der Waals surface area contributed by atoms with Crippen molar-refractivity contribution in [1.82, 2.24) is 9.29 Å². The number of rotatable bonds is 5. The van der Waals surface area contributed by atoms with Crippen LogP contribution < -0.4 is 4.74 Å². The first kappa shape index (κ1) is 16.5. The molecule has 6 heteroatoms. The molecule has 2 fully saturated rings. The molecule has 1 aromatic heterocycles. The van der Waals surface area contributed by atoms with Gasteiger partial charge in [0.05, 0.1) is 10.9 Å². The quantitative estimate of drug-likeness (QED) is 0.825. The van der Waals surface area contributed by atoms with E-state index in [1.807, 2.05) is 30.3 Å². The molecule has 1 aliphatic carbocycles. The number of aromatic nitrogens is 1. The van der Waals surface area contributed by atoms with Gasteiger partial charge in [-0.25, -0.2) is 13.4 Å². The highest BCUT2D eigenvalue weighted by atomic mass is 32.2. The fourth-order valence-electron chi connectivity index (χ4n) is 3.94.